The van der Waals surface area contributed by atoms with Crippen molar-refractivity contribution in [1.82, 2.24) is 9.88 Å². The van der Waals surface area contributed by atoms with Crippen molar-refractivity contribution in [3.05, 3.63) is 36.0 Å². The Balaban J connectivity index is 2.09. The van der Waals surface area contributed by atoms with Gasteiger partial charge in [-0.3, -0.25) is 0 Å². The molecule has 21 heavy (non-hydrogen) atoms. The number of benzene rings is 1. The van der Waals surface area contributed by atoms with Crippen molar-refractivity contribution in [2.45, 2.75) is 40.3 Å². The largest absolute Gasteiger partial charge is 0.343 e. The Morgan fingerprint density at radius 1 is 1.24 bits per heavy atom. The van der Waals surface area contributed by atoms with Crippen LogP contribution < -0.4 is 5.32 Å². The van der Waals surface area contributed by atoms with E-state index < -0.39 is 0 Å². The molecule has 0 aliphatic rings. The summed E-state index contributed by atoms with van der Waals surface area (Å²) in [5.41, 5.74) is 2.79. The van der Waals surface area contributed by atoms with Crippen LogP contribution in [-0.4, -0.2) is 22.6 Å². The summed E-state index contributed by atoms with van der Waals surface area (Å²) in [6.45, 7) is 9.91. The number of aryl methyl sites for hydroxylation is 1. The van der Waals surface area contributed by atoms with Gasteiger partial charge < -0.3 is 9.88 Å². The normalized spacial score (nSPS) is 11.6. The molecule has 2 aromatic rings. The van der Waals surface area contributed by atoms with E-state index in [0.717, 1.165) is 19.6 Å². The van der Waals surface area contributed by atoms with Gasteiger partial charge in [0.15, 0.2) is 0 Å². The van der Waals surface area contributed by atoms with Gasteiger partial charge in [-0.1, -0.05) is 39.0 Å². The summed E-state index contributed by atoms with van der Waals surface area (Å²) in [7, 11) is 0. The molecule has 1 aromatic carbocycles. The fourth-order valence-electron chi connectivity index (χ4n) is 2.64. The lowest BCUT2D eigenvalue weighted by atomic mass is 10.2. The molecule has 116 valence electrons. The van der Waals surface area contributed by atoms with Gasteiger partial charge in [-0.2, -0.15) is 11.8 Å². The predicted molar refractivity (Wildman–Crippen MR) is 96.1 cm³/mol. The average Bonchev–Trinajstić information content (AvgIpc) is 2.81. The third-order valence-electron chi connectivity index (χ3n) is 3.63. The van der Waals surface area contributed by atoms with E-state index in [1.54, 1.807) is 0 Å². The van der Waals surface area contributed by atoms with E-state index >= 15 is 0 Å². The van der Waals surface area contributed by atoms with Crippen molar-refractivity contribution < 1.29 is 0 Å². The fourth-order valence-corrected chi connectivity index (χ4v) is 3.26. The van der Waals surface area contributed by atoms with E-state index in [4.69, 9.17) is 0 Å². The number of nitrogens with one attached hydrogen (secondary N) is 1. The Labute approximate surface area is 133 Å². The van der Waals surface area contributed by atoms with E-state index in [9.17, 15) is 0 Å². The Morgan fingerprint density at radius 2 is 2.05 bits per heavy atom. The van der Waals surface area contributed by atoms with Crippen molar-refractivity contribution in [1.29, 1.82) is 0 Å². The van der Waals surface area contributed by atoms with Crippen LogP contribution in [0, 0.1) is 5.92 Å². The van der Waals surface area contributed by atoms with Crippen LogP contribution in [0.5, 0.6) is 0 Å². The number of rotatable bonds is 9. The Morgan fingerprint density at radius 3 is 2.81 bits per heavy atom. The third-order valence-corrected chi connectivity index (χ3v) is 4.62. The standard InChI is InChI=1S/C18H28N2S/c1-4-21-11-7-10-20-17(14-19-13-15(2)3)12-16-8-5-6-9-18(16)20/h5-6,8-9,12,15,19H,4,7,10-11,13-14H2,1-3H3. The molecule has 1 N–H and O–H groups in total. The van der Waals surface area contributed by atoms with Crippen LogP contribution in [0.25, 0.3) is 10.9 Å². The molecule has 2 nitrogen and oxygen atoms in total. The van der Waals surface area contributed by atoms with Crippen LogP contribution in [0.4, 0.5) is 0 Å². The van der Waals surface area contributed by atoms with E-state index in [2.05, 4.69) is 61.0 Å². The molecule has 0 aliphatic heterocycles. The molecular formula is C18H28N2S. The smallest absolute Gasteiger partial charge is 0.0482 e. The van der Waals surface area contributed by atoms with Gasteiger partial charge in [-0.25, -0.2) is 0 Å². The number of thioether (sulfide) groups is 1. The molecule has 0 amide bonds. The molecule has 0 fully saturated rings. The van der Waals surface area contributed by atoms with Crippen LogP contribution in [0.3, 0.4) is 0 Å². The van der Waals surface area contributed by atoms with E-state index in [-0.39, 0.29) is 0 Å². The van der Waals surface area contributed by atoms with E-state index in [1.165, 1.54) is 34.5 Å². The number of para-hydroxylation sites is 1. The minimum atomic E-state index is 0.698. The van der Waals surface area contributed by atoms with Crippen molar-refractivity contribution in [2.24, 2.45) is 5.92 Å². The molecule has 0 aliphatic carbocycles. The van der Waals surface area contributed by atoms with Gasteiger partial charge >= 0.3 is 0 Å². The Hall–Kier alpha value is -0.930. The second-order valence-corrected chi connectivity index (χ2v) is 7.32. The second kappa shape index (κ2) is 8.50. The molecule has 2 rings (SSSR count). The molecule has 1 heterocycles. The van der Waals surface area contributed by atoms with Crippen molar-refractivity contribution in [3.8, 4) is 0 Å². The molecule has 0 saturated heterocycles. The van der Waals surface area contributed by atoms with Gasteiger partial charge in [-0.05, 0) is 47.9 Å². The lowest BCUT2D eigenvalue weighted by Crippen LogP contribution is -2.21. The Kier molecular flexibility index (Phi) is 6.65. The topological polar surface area (TPSA) is 17.0 Å². The van der Waals surface area contributed by atoms with Gasteiger partial charge in [0.1, 0.15) is 0 Å². The molecule has 0 atom stereocenters. The number of aromatic nitrogens is 1. The number of hydrogen-bond acceptors (Lipinski definition) is 2. The minimum Gasteiger partial charge on any atom is -0.343 e. The summed E-state index contributed by atoms with van der Waals surface area (Å²) in [4.78, 5) is 0. The summed E-state index contributed by atoms with van der Waals surface area (Å²) in [5.74, 6) is 3.17. The number of fused-ring (bicyclic) bond motifs is 1. The summed E-state index contributed by atoms with van der Waals surface area (Å²) < 4.78 is 2.50. The molecule has 0 radical (unpaired) electrons. The highest BCUT2D eigenvalue weighted by molar-refractivity contribution is 7.99. The lowest BCUT2D eigenvalue weighted by Gasteiger charge is -2.12. The van der Waals surface area contributed by atoms with Gasteiger partial charge in [0.2, 0.25) is 0 Å². The highest BCUT2D eigenvalue weighted by Crippen LogP contribution is 2.20. The Bertz CT molecular complexity index is 545. The summed E-state index contributed by atoms with van der Waals surface area (Å²) in [6.07, 6.45) is 1.24. The summed E-state index contributed by atoms with van der Waals surface area (Å²) in [5, 5.41) is 4.94. The van der Waals surface area contributed by atoms with Crippen molar-refractivity contribution >= 4 is 22.7 Å². The van der Waals surface area contributed by atoms with Crippen LogP contribution in [-0.2, 0) is 13.1 Å². The molecule has 0 spiro atoms. The molecule has 0 bridgehead atoms. The van der Waals surface area contributed by atoms with Gasteiger partial charge in [0, 0.05) is 24.3 Å². The maximum absolute atomic E-state index is 3.58. The van der Waals surface area contributed by atoms with E-state index in [1.807, 2.05) is 11.8 Å². The van der Waals surface area contributed by atoms with Crippen molar-refractivity contribution in [3.63, 3.8) is 0 Å². The SMILES string of the molecule is CCSCCCn1c(CNCC(C)C)cc2ccccc21. The summed E-state index contributed by atoms with van der Waals surface area (Å²) >= 11 is 2.03. The zero-order valence-electron chi connectivity index (χ0n) is 13.6. The molecule has 0 unspecified atom stereocenters. The zero-order valence-corrected chi connectivity index (χ0v) is 14.4. The molecular weight excluding hydrogens is 276 g/mol. The number of hydrogen-bond donors (Lipinski definition) is 1. The van der Waals surface area contributed by atoms with E-state index in [0.29, 0.717) is 5.92 Å². The lowest BCUT2D eigenvalue weighted by molar-refractivity contribution is 0.535. The highest BCUT2D eigenvalue weighted by atomic mass is 32.2. The first-order valence-corrected chi connectivity index (χ1v) is 9.23. The second-order valence-electron chi connectivity index (χ2n) is 5.92. The zero-order chi connectivity index (χ0) is 15.1. The maximum Gasteiger partial charge on any atom is 0.0482 e. The molecule has 3 heteroatoms. The highest BCUT2D eigenvalue weighted by Gasteiger charge is 2.08. The van der Waals surface area contributed by atoms with Gasteiger partial charge in [-0.15, -0.1) is 0 Å². The first kappa shape index (κ1) is 16.4. The first-order chi connectivity index (χ1) is 10.2. The van der Waals surface area contributed by atoms with Crippen LogP contribution in [0.15, 0.2) is 30.3 Å². The quantitative estimate of drug-likeness (QED) is 0.685. The predicted octanol–water partition coefficient (Wildman–Crippen LogP) is 4.53. The number of nitrogens with zero attached hydrogens (tertiary/aromatic N) is 1. The van der Waals surface area contributed by atoms with Gasteiger partial charge in [0.25, 0.3) is 0 Å². The maximum atomic E-state index is 3.58. The average molecular weight is 305 g/mol. The van der Waals surface area contributed by atoms with Crippen LogP contribution in [0.1, 0.15) is 32.9 Å². The fraction of sp³-hybridized carbons (Fsp3) is 0.556. The van der Waals surface area contributed by atoms with Crippen LogP contribution >= 0.6 is 11.8 Å². The van der Waals surface area contributed by atoms with Crippen LogP contribution in [0.2, 0.25) is 0 Å². The minimum absolute atomic E-state index is 0.698. The molecule has 1 aromatic heterocycles. The third kappa shape index (κ3) is 4.79. The first-order valence-electron chi connectivity index (χ1n) is 8.08. The molecule has 0 saturated carbocycles. The monoisotopic (exact) mass is 304 g/mol. The van der Waals surface area contributed by atoms with Crippen molar-refractivity contribution in [2.75, 3.05) is 18.1 Å². The summed E-state index contributed by atoms with van der Waals surface area (Å²) in [6, 6.07) is 11.1. The van der Waals surface area contributed by atoms with Gasteiger partial charge in [0.05, 0.1) is 0 Å².